The molecule has 0 aliphatic carbocycles. The van der Waals surface area contributed by atoms with Crippen LogP contribution in [0.2, 0.25) is 0 Å². The number of carbonyl (C=O) groups excluding carboxylic acids is 1. The van der Waals surface area contributed by atoms with Crippen molar-refractivity contribution < 1.29 is 28.5 Å². The zero-order valence-corrected chi connectivity index (χ0v) is 13.5. The van der Waals surface area contributed by atoms with E-state index in [9.17, 15) is 23.8 Å². The molecular formula is C17H21F2NO4. The van der Waals surface area contributed by atoms with Gasteiger partial charge >= 0.3 is 0 Å². The summed E-state index contributed by atoms with van der Waals surface area (Å²) in [5.74, 6) is -2.49. The van der Waals surface area contributed by atoms with Crippen molar-refractivity contribution in [3.8, 4) is 0 Å². The second-order valence-corrected chi connectivity index (χ2v) is 6.81. The van der Waals surface area contributed by atoms with Crippen LogP contribution in [0.5, 0.6) is 0 Å². The molecule has 0 radical (unpaired) electrons. The number of likely N-dealkylation sites (tertiary alicyclic amines) is 1. The molecule has 1 aromatic rings. The topological polar surface area (TPSA) is 70.0 Å². The van der Waals surface area contributed by atoms with Crippen molar-refractivity contribution in [3.05, 3.63) is 35.4 Å². The monoisotopic (exact) mass is 341 g/mol. The molecule has 2 heterocycles. The molecule has 2 fully saturated rings. The summed E-state index contributed by atoms with van der Waals surface area (Å²) in [6.07, 6.45) is -0.141. The van der Waals surface area contributed by atoms with Gasteiger partial charge in [-0.05, 0) is 31.9 Å². The van der Waals surface area contributed by atoms with Crippen LogP contribution in [0.4, 0.5) is 8.78 Å². The van der Waals surface area contributed by atoms with Crippen LogP contribution in [0.15, 0.2) is 18.2 Å². The maximum absolute atomic E-state index is 13.8. The first-order valence-electron chi connectivity index (χ1n) is 8.04. The van der Waals surface area contributed by atoms with Crippen LogP contribution < -0.4 is 0 Å². The SMILES string of the molecule is C[C@@]1(O)CCOC2(CCN(C(=O)c3c(F)cccc3F)CC2)[C@H]1O. The Bertz CT molecular complexity index is 621. The lowest BCUT2D eigenvalue weighted by Crippen LogP contribution is -2.64. The van der Waals surface area contributed by atoms with E-state index < -0.39 is 40.4 Å². The second kappa shape index (κ2) is 6.06. The van der Waals surface area contributed by atoms with E-state index in [1.165, 1.54) is 11.0 Å². The van der Waals surface area contributed by atoms with Crippen molar-refractivity contribution in [3.63, 3.8) is 0 Å². The lowest BCUT2D eigenvalue weighted by molar-refractivity contribution is -0.244. The van der Waals surface area contributed by atoms with Gasteiger partial charge in [-0.15, -0.1) is 0 Å². The number of aliphatic hydroxyl groups is 2. The minimum Gasteiger partial charge on any atom is -0.387 e. The van der Waals surface area contributed by atoms with Crippen molar-refractivity contribution in [1.29, 1.82) is 0 Å². The quantitative estimate of drug-likeness (QED) is 0.812. The number of hydrogen-bond donors (Lipinski definition) is 2. The van der Waals surface area contributed by atoms with Crippen LogP contribution >= 0.6 is 0 Å². The molecule has 0 bridgehead atoms. The first-order chi connectivity index (χ1) is 11.3. The summed E-state index contributed by atoms with van der Waals surface area (Å²) in [4.78, 5) is 13.8. The van der Waals surface area contributed by atoms with E-state index in [0.29, 0.717) is 25.9 Å². The molecule has 1 amide bonds. The predicted octanol–water partition coefficient (Wildman–Crippen LogP) is 1.47. The van der Waals surface area contributed by atoms with Gasteiger partial charge in [-0.2, -0.15) is 0 Å². The third kappa shape index (κ3) is 2.81. The molecule has 5 nitrogen and oxygen atoms in total. The minimum atomic E-state index is -1.25. The molecule has 2 atom stereocenters. The van der Waals surface area contributed by atoms with Crippen molar-refractivity contribution >= 4 is 5.91 Å². The molecule has 0 saturated carbocycles. The lowest BCUT2D eigenvalue weighted by atomic mass is 9.75. The number of carbonyl (C=O) groups is 1. The Kier molecular flexibility index (Phi) is 4.36. The van der Waals surface area contributed by atoms with Crippen molar-refractivity contribution in [2.24, 2.45) is 0 Å². The van der Waals surface area contributed by atoms with Crippen LogP contribution in [0.3, 0.4) is 0 Å². The summed E-state index contributed by atoms with van der Waals surface area (Å²) >= 11 is 0. The predicted molar refractivity (Wildman–Crippen MR) is 81.4 cm³/mol. The van der Waals surface area contributed by atoms with Crippen LogP contribution in [0.1, 0.15) is 36.5 Å². The van der Waals surface area contributed by atoms with Crippen molar-refractivity contribution in [2.45, 2.75) is 43.5 Å². The van der Waals surface area contributed by atoms with Gasteiger partial charge in [-0.25, -0.2) is 8.78 Å². The van der Waals surface area contributed by atoms with Crippen molar-refractivity contribution in [1.82, 2.24) is 4.90 Å². The van der Waals surface area contributed by atoms with Gasteiger partial charge in [0.1, 0.15) is 28.9 Å². The van der Waals surface area contributed by atoms with E-state index in [1.54, 1.807) is 6.92 Å². The molecule has 0 aromatic heterocycles. The van der Waals surface area contributed by atoms with E-state index in [1.807, 2.05) is 0 Å². The molecule has 2 aliphatic rings. The molecule has 132 valence electrons. The van der Waals surface area contributed by atoms with Gasteiger partial charge in [0.2, 0.25) is 0 Å². The molecule has 3 rings (SSSR count). The zero-order valence-electron chi connectivity index (χ0n) is 13.5. The highest BCUT2D eigenvalue weighted by atomic mass is 19.1. The number of amides is 1. The number of halogens is 2. The van der Waals surface area contributed by atoms with Crippen LogP contribution in [-0.2, 0) is 4.74 Å². The summed E-state index contributed by atoms with van der Waals surface area (Å²) in [6.45, 7) is 2.27. The number of ether oxygens (including phenoxy) is 1. The van der Waals surface area contributed by atoms with Gasteiger partial charge < -0.3 is 19.8 Å². The highest BCUT2D eigenvalue weighted by molar-refractivity contribution is 5.94. The number of nitrogens with zero attached hydrogens (tertiary/aromatic N) is 1. The molecular weight excluding hydrogens is 320 g/mol. The number of aliphatic hydroxyl groups excluding tert-OH is 1. The molecule has 2 saturated heterocycles. The fraction of sp³-hybridized carbons (Fsp3) is 0.588. The number of piperidine rings is 1. The van der Waals surface area contributed by atoms with E-state index in [0.717, 1.165) is 12.1 Å². The zero-order chi connectivity index (χ0) is 17.5. The van der Waals surface area contributed by atoms with Gasteiger partial charge in [0.25, 0.3) is 5.91 Å². The normalized spacial score (nSPS) is 29.7. The smallest absolute Gasteiger partial charge is 0.259 e. The Hall–Kier alpha value is -1.57. The third-order valence-electron chi connectivity index (χ3n) is 5.16. The molecule has 7 heteroatoms. The number of benzene rings is 1. The summed E-state index contributed by atoms with van der Waals surface area (Å²) in [7, 11) is 0. The van der Waals surface area contributed by atoms with E-state index in [4.69, 9.17) is 4.74 Å². The largest absolute Gasteiger partial charge is 0.387 e. The van der Waals surface area contributed by atoms with E-state index in [2.05, 4.69) is 0 Å². The Morgan fingerprint density at radius 3 is 2.42 bits per heavy atom. The Labute approximate surface area is 138 Å². The minimum absolute atomic E-state index is 0.194. The van der Waals surface area contributed by atoms with Gasteiger partial charge in [0.05, 0.1) is 12.2 Å². The van der Waals surface area contributed by atoms with Crippen LogP contribution in [0, 0.1) is 11.6 Å². The second-order valence-electron chi connectivity index (χ2n) is 6.81. The average molecular weight is 341 g/mol. The van der Waals surface area contributed by atoms with Gasteiger partial charge in [0.15, 0.2) is 0 Å². The maximum Gasteiger partial charge on any atom is 0.259 e. The molecule has 0 unspecified atom stereocenters. The standard InChI is InChI=1S/C17H21F2NO4/c1-16(23)7-10-24-17(15(16)22)5-8-20(9-6-17)14(21)13-11(18)3-2-4-12(13)19/h2-4,15,22-23H,5-10H2,1H3/t15-,16+/m0/s1. The Morgan fingerprint density at radius 1 is 1.25 bits per heavy atom. The highest BCUT2D eigenvalue weighted by Gasteiger charge is 2.53. The van der Waals surface area contributed by atoms with Gasteiger partial charge in [0, 0.05) is 19.5 Å². The molecule has 2 aliphatic heterocycles. The van der Waals surface area contributed by atoms with Crippen LogP contribution in [-0.4, -0.2) is 58.0 Å². The number of hydrogen-bond acceptors (Lipinski definition) is 4. The van der Waals surface area contributed by atoms with Crippen molar-refractivity contribution in [2.75, 3.05) is 19.7 Å². The van der Waals surface area contributed by atoms with E-state index in [-0.39, 0.29) is 13.1 Å². The third-order valence-corrected chi connectivity index (χ3v) is 5.16. The fourth-order valence-corrected chi connectivity index (χ4v) is 3.61. The summed E-state index contributed by atoms with van der Waals surface area (Å²) in [5, 5.41) is 20.7. The summed E-state index contributed by atoms with van der Waals surface area (Å²) < 4.78 is 33.3. The molecule has 1 aromatic carbocycles. The fourth-order valence-electron chi connectivity index (χ4n) is 3.61. The molecule has 24 heavy (non-hydrogen) atoms. The first kappa shape index (κ1) is 17.3. The first-order valence-corrected chi connectivity index (χ1v) is 8.04. The summed E-state index contributed by atoms with van der Waals surface area (Å²) in [6, 6.07) is 3.31. The average Bonchev–Trinajstić information content (AvgIpc) is 2.53. The van der Waals surface area contributed by atoms with Gasteiger partial charge in [-0.3, -0.25) is 4.79 Å². The van der Waals surface area contributed by atoms with Crippen LogP contribution in [0.25, 0.3) is 0 Å². The molecule has 2 N–H and O–H groups in total. The maximum atomic E-state index is 13.8. The Morgan fingerprint density at radius 2 is 1.83 bits per heavy atom. The van der Waals surface area contributed by atoms with Gasteiger partial charge in [-0.1, -0.05) is 6.07 Å². The Balaban J connectivity index is 1.74. The lowest BCUT2D eigenvalue weighted by Gasteiger charge is -2.51. The highest BCUT2D eigenvalue weighted by Crippen LogP contribution is 2.40. The molecule has 1 spiro atoms. The van der Waals surface area contributed by atoms with E-state index >= 15 is 0 Å². The summed E-state index contributed by atoms with van der Waals surface area (Å²) in [5.41, 5.74) is -2.74. The number of rotatable bonds is 1.